The van der Waals surface area contributed by atoms with Gasteiger partial charge in [0, 0.05) is 23.9 Å². The Kier molecular flexibility index (Phi) is 3.61. The summed E-state index contributed by atoms with van der Waals surface area (Å²) >= 11 is 0. The summed E-state index contributed by atoms with van der Waals surface area (Å²) in [5.74, 6) is -0.648. The molecule has 4 heteroatoms. The van der Waals surface area contributed by atoms with Crippen molar-refractivity contribution in [1.82, 2.24) is 0 Å². The van der Waals surface area contributed by atoms with Crippen LogP contribution in [0.25, 0.3) is 0 Å². The molecule has 96 valence electrons. The van der Waals surface area contributed by atoms with Gasteiger partial charge in [0.1, 0.15) is 0 Å². The maximum absolute atomic E-state index is 12.2. The van der Waals surface area contributed by atoms with E-state index in [1.807, 2.05) is 6.07 Å². The second kappa shape index (κ2) is 5.35. The van der Waals surface area contributed by atoms with E-state index in [4.69, 9.17) is 5.73 Å². The van der Waals surface area contributed by atoms with Gasteiger partial charge in [-0.05, 0) is 30.3 Å². The molecule has 0 fully saturated rings. The van der Waals surface area contributed by atoms with Gasteiger partial charge in [-0.1, -0.05) is 24.3 Å². The quantitative estimate of drug-likeness (QED) is 0.911. The van der Waals surface area contributed by atoms with Crippen molar-refractivity contribution in [2.24, 2.45) is 5.73 Å². The molecule has 0 aromatic heterocycles. The SMILES string of the molecule is CN(C(=O)c1ccccc1)c1cccc(C(N)=O)c1. The summed E-state index contributed by atoms with van der Waals surface area (Å²) < 4.78 is 0. The Morgan fingerprint density at radius 2 is 1.58 bits per heavy atom. The largest absolute Gasteiger partial charge is 0.366 e. The van der Waals surface area contributed by atoms with Crippen LogP contribution in [0.1, 0.15) is 20.7 Å². The van der Waals surface area contributed by atoms with Gasteiger partial charge in [-0.2, -0.15) is 0 Å². The normalized spacial score (nSPS) is 9.95. The Balaban J connectivity index is 2.29. The standard InChI is InChI=1S/C15H14N2O2/c1-17(15(19)11-6-3-2-4-7-11)13-9-5-8-12(10-13)14(16)18/h2-10H,1H3,(H2,16,18). The Bertz CT molecular complexity index is 609. The summed E-state index contributed by atoms with van der Waals surface area (Å²) in [6, 6.07) is 15.6. The number of carbonyl (C=O) groups is 2. The molecular weight excluding hydrogens is 240 g/mol. The van der Waals surface area contributed by atoms with Crippen LogP contribution >= 0.6 is 0 Å². The van der Waals surface area contributed by atoms with E-state index in [1.54, 1.807) is 55.6 Å². The molecule has 0 aliphatic rings. The number of nitrogens with two attached hydrogens (primary N) is 1. The van der Waals surface area contributed by atoms with Crippen LogP contribution in [-0.2, 0) is 0 Å². The minimum absolute atomic E-state index is 0.137. The predicted octanol–water partition coefficient (Wildman–Crippen LogP) is 2.06. The molecule has 0 aliphatic carbocycles. The highest BCUT2D eigenvalue weighted by atomic mass is 16.2. The van der Waals surface area contributed by atoms with Gasteiger partial charge in [-0.25, -0.2) is 0 Å². The van der Waals surface area contributed by atoms with Gasteiger partial charge < -0.3 is 10.6 Å². The zero-order chi connectivity index (χ0) is 13.8. The first-order chi connectivity index (χ1) is 9.09. The van der Waals surface area contributed by atoms with Crippen LogP contribution in [0.4, 0.5) is 5.69 Å². The van der Waals surface area contributed by atoms with E-state index in [0.717, 1.165) is 0 Å². The molecule has 0 atom stereocenters. The Labute approximate surface area is 111 Å². The third-order valence-corrected chi connectivity index (χ3v) is 2.84. The third-order valence-electron chi connectivity index (χ3n) is 2.84. The van der Waals surface area contributed by atoms with Gasteiger partial charge >= 0.3 is 0 Å². The maximum atomic E-state index is 12.2. The van der Waals surface area contributed by atoms with Gasteiger partial charge in [0.2, 0.25) is 5.91 Å². The monoisotopic (exact) mass is 254 g/mol. The molecule has 19 heavy (non-hydrogen) atoms. The van der Waals surface area contributed by atoms with Crippen LogP contribution in [0.2, 0.25) is 0 Å². The lowest BCUT2D eigenvalue weighted by Gasteiger charge is -2.17. The molecule has 2 aromatic carbocycles. The molecule has 0 bridgehead atoms. The highest BCUT2D eigenvalue weighted by molar-refractivity contribution is 6.06. The summed E-state index contributed by atoms with van der Waals surface area (Å²) in [6.45, 7) is 0. The van der Waals surface area contributed by atoms with Gasteiger partial charge in [-0.15, -0.1) is 0 Å². The molecule has 0 unspecified atom stereocenters. The Morgan fingerprint density at radius 3 is 2.21 bits per heavy atom. The first-order valence-corrected chi connectivity index (χ1v) is 5.82. The number of anilines is 1. The van der Waals surface area contributed by atoms with E-state index in [0.29, 0.717) is 16.8 Å². The summed E-state index contributed by atoms with van der Waals surface area (Å²) in [5.41, 5.74) is 6.83. The van der Waals surface area contributed by atoms with Crippen LogP contribution in [0.3, 0.4) is 0 Å². The fourth-order valence-electron chi connectivity index (χ4n) is 1.76. The van der Waals surface area contributed by atoms with Crippen molar-refractivity contribution in [1.29, 1.82) is 0 Å². The van der Waals surface area contributed by atoms with E-state index < -0.39 is 5.91 Å². The van der Waals surface area contributed by atoms with Crippen LogP contribution < -0.4 is 10.6 Å². The third kappa shape index (κ3) is 2.80. The number of rotatable bonds is 3. The zero-order valence-electron chi connectivity index (χ0n) is 10.5. The number of amides is 2. The second-order valence-corrected chi connectivity index (χ2v) is 4.14. The van der Waals surface area contributed by atoms with Gasteiger partial charge in [0.05, 0.1) is 0 Å². The van der Waals surface area contributed by atoms with Crippen molar-refractivity contribution in [2.75, 3.05) is 11.9 Å². The summed E-state index contributed by atoms with van der Waals surface area (Å²) in [4.78, 5) is 24.9. The van der Waals surface area contributed by atoms with E-state index in [2.05, 4.69) is 0 Å². The molecule has 0 saturated heterocycles. The first kappa shape index (κ1) is 12.8. The number of nitrogens with zero attached hydrogens (tertiary/aromatic N) is 1. The highest BCUT2D eigenvalue weighted by Crippen LogP contribution is 2.17. The Hall–Kier alpha value is -2.62. The van der Waals surface area contributed by atoms with Crippen LogP contribution in [0, 0.1) is 0 Å². The molecule has 0 aliphatic heterocycles. The fourth-order valence-corrected chi connectivity index (χ4v) is 1.76. The van der Waals surface area contributed by atoms with E-state index in [9.17, 15) is 9.59 Å². The molecule has 0 spiro atoms. The molecule has 4 nitrogen and oxygen atoms in total. The minimum atomic E-state index is -0.512. The van der Waals surface area contributed by atoms with Crippen LogP contribution in [-0.4, -0.2) is 18.9 Å². The molecule has 0 heterocycles. The van der Waals surface area contributed by atoms with Crippen LogP contribution in [0.15, 0.2) is 54.6 Å². The lowest BCUT2D eigenvalue weighted by Crippen LogP contribution is -2.26. The van der Waals surface area contributed by atoms with E-state index >= 15 is 0 Å². The summed E-state index contributed by atoms with van der Waals surface area (Å²) in [6.07, 6.45) is 0. The predicted molar refractivity (Wildman–Crippen MR) is 74.1 cm³/mol. The van der Waals surface area contributed by atoms with Crippen LogP contribution in [0.5, 0.6) is 0 Å². The number of primary amides is 1. The number of carbonyl (C=O) groups excluding carboxylic acids is 2. The van der Waals surface area contributed by atoms with E-state index in [1.165, 1.54) is 4.90 Å². The van der Waals surface area contributed by atoms with Crippen molar-refractivity contribution in [3.8, 4) is 0 Å². The van der Waals surface area contributed by atoms with Crippen molar-refractivity contribution >= 4 is 17.5 Å². The smallest absolute Gasteiger partial charge is 0.258 e. The second-order valence-electron chi connectivity index (χ2n) is 4.14. The van der Waals surface area contributed by atoms with Crippen molar-refractivity contribution in [2.45, 2.75) is 0 Å². The van der Waals surface area contributed by atoms with Crippen molar-refractivity contribution in [3.63, 3.8) is 0 Å². The minimum Gasteiger partial charge on any atom is -0.366 e. The van der Waals surface area contributed by atoms with Gasteiger partial charge in [0.25, 0.3) is 5.91 Å². The lowest BCUT2D eigenvalue weighted by molar-refractivity contribution is 0.0985. The molecule has 2 aromatic rings. The molecular formula is C15H14N2O2. The summed E-state index contributed by atoms with van der Waals surface area (Å²) in [7, 11) is 1.66. The average Bonchev–Trinajstić information content (AvgIpc) is 2.46. The maximum Gasteiger partial charge on any atom is 0.258 e. The molecule has 2 N–H and O–H groups in total. The van der Waals surface area contributed by atoms with Crippen molar-refractivity contribution in [3.05, 3.63) is 65.7 Å². The molecule has 2 amide bonds. The van der Waals surface area contributed by atoms with Gasteiger partial charge in [0.15, 0.2) is 0 Å². The average molecular weight is 254 g/mol. The number of hydrogen-bond acceptors (Lipinski definition) is 2. The lowest BCUT2D eigenvalue weighted by atomic mass is 10.1. The fraction of sp³-hybridized carbons (Fsp3) is 0.0667. The number of hydrogen-bond donors (Lipinski definition) is 1. The number of benzene rings is 2. The van der Waals surface area contributed by atoms with Gasteiger partial charge in [-0.3, -0.25) is 9.59 Å². The summed E-state index contributed by atoms with van der Waals surface area (Å²) in [5, 5.41) is 0. The first-order valence-electron chi connectivity index (χ1n) is 5.82. The molecule has 0 saturated carbocycles. The van der Waals surface area contributed by atoms with Crippen molar-refractivity contribution < 1.29 is 9.59 Å². The topological polar surface area (TPSA) is 63.4 Å². The van der Waals surface area contributed by atoms with E-state index in [-0.39, 0.29) is 5.91 Å². The highest BCUT2D eigenvalue weighted by Gasteiger charge is 2.13. The zero-order valence-corrected chi connectivity index (χ0v) is 10.5. The Morgan fingerprint density at radius 1 is 0.947 bits per heavy atom. The molecule has 2 rings (SSSR count). The molecule has 0 radical (unpaired) electrons.